The lowest BCUT2D eigenvalue weighted by Crippen LogP contribution is -2.15. The summed E-state index contributed by atoms with van der Waals surface area (Å²) in [6.45, 7) is 5.88. The van der Waals surface area contributed by atoms with E-state index >= 15 is 0 Å². The normalized spacial score (nSPS) is 12.5. The molecule has 0 fully saturated rings. The van der Waals surface area contributed by atoms with Gasteiger partial charge in [0.15, 0.2) is 0 Å². The Morgan fingerprint density at radius 3 is 2.80 bits per heavy atom. The number of nitrogens with two attached hydrogens (primary N) is 1. The average Bonchev–Trinajstić information content (AvgIpc) is 2.20. The Bertz CT molecular complexity index is 312. The maximum absolute atomic E-state index is 6.03. The SMILES string of the molecule is Cc1ccc(NCC(C)CCN)cc1Cl. The molecule has 15 heavy (non-hydrogen) atoms. The molecule has 1 aromatic rings. The number of hydrogen-bond acceptors (Lipinski definition) is 2. The van der Waals surface area contributed by atoms with E-state index in [9.17, 15) is 0 Å². The van der Waals surface area contributed by atoms with E-state index in [2.05, 4.69) is 18.3 Å². The zero-order valence-electron chi connectivity index (χ0n) is 9.39. The van der Waals surface area contributed by atoms with E-state index in [1.54, 1.807) is 0 Å². The second-order valence-electron chi connectivity index (χ2n) is 4.03. The van der Waals surface area contributed by atoms with Gasteiger partial charge in [-0.25, -0.2) is 0 Å². The Morgan fingerprint density at radius 1 is 1.47 bits per heavy atom. The Kier molecular flexibility index (Phi) is 4.92. The highest BCUT2D eigenvalue weighted by Crippen LogP contribution is 2.20. The highest BCUT2D eigenvalue weighted by molar-refractivity contribution is 6.31. The van der Waals surface area contributed by atoms with Crippen LogP contribution in [0, 0.1) is 12.8 Å². The van der Waals surface area contributed by atoms with Crippen LogP contribution in [0.3, 0.4) is 0 Å². The van der Waals surface area contributed by atoms with E-state index in [0.717, 1.165) is 35.8 Å². The van der Waals surface area contributed by atoms with Crippen LogP contribution in [0.15, 0.2) is 18.2 Å². The van der Waals surface area contributed by atoms with Crippen LogP contribution in [0.2, 0.25) is 5.02 Å². The second-order valence-corrected chi connectivity index (χ2v) is 4.43. The van der Waals surface area contributed by atoms with Gasteiger partial charge in [0.25, 0.3) is 0 Å². The van der Waals surface area contributed by atoms with Gasteiger partial charge in [-0.15, -0.1) is 0 Å². The summed E-state index contributed by atoms with van der Waals surface area (Å²) < 4.78 is 0. The summed E-state index contributed by atoms with van der Waals surface area (Å²) in [5, 5.41) is 4.17. The molecule has 2 nitrogen and oxygen atoms in total. The predicted octanol–water partition coefficient (Wildman–Crippen LogP) is 3.05. The maximum Gasteiger partial charge on any atom is 0.0455 e. The van der Waals surface area contributed by atoms with Gasteiger partial charge in [-0.2, -0.15) is 0 Å². The molecule has 3 heteroatoms. The molecule has 0 amide bonds. The molecule has 0 aliphatic heterocycles. The van der Waals surface area contributed by atoms with E-state index in [4.69, 9.17) is 17.3 Å². The van der Waals surface area contributed by atoms with Crippen LogP contribution >= 0.6 is 11.6 Å². The molecule has 84 valence electrons. The van der Waals surface area contributed by atoms with Crippen LogP contribution in [-0.4, -0.2) is 13.1 Å². The van der Waals surface area contributed by atoms with Crippen LogP contribution in [0.5, 0.6) is 0 Å². The van der Waals surface area contributed by atoms with Crippen LogP contribution in [0.25, 0.3) is 0 Å². The minimum absolute atomic E-state index is 0.593. The quantitative estimate of drug-likeness (QED) is 0.810. The summed E-state index contributed by atoms with van der Waals surface area (Å²) in [5.41, 5.74) is 7.68. The molecule has 3 N–H and O–H groups in total. The first kappa shape index (κ1) is 12.3. The first-order valence-corrected chi connectivity index (χ1v) is 5.71. The molecule has 0 radical (unpaired) electrons. The smallest absolute Gasteiger partial charge is 0.0455 e. The lowest BCUT2D eigenvalue weighted by Gasteiger charge is -2.13. The largest absolute Gasteiger partial charge is 0.385 e. The van der Waals surface area contributed by atoms with Crippen molar-refractivity contribution in [1.82, 2.24) is 0 Å². The molecule has 0 aromatic heterocycles. The minimum Gasteiger partial charge on any atom is -0.385 e. The number of hydrogen-bond donors (Lipinski definition) is 2. The van der Waals surface area contributed by atoms with Crippen molar-refractivity contribution < 1.29 is 0 Å². The predicted molar refractivity (Wildman–Crippen MR) is 67.5 cm³/mol. The highest BCUT2D eigenvalue weighted by Gasteiger charge is 2.01. The van der Waals surface area contributed by atoms with Crippen molar-refractivity contribution in [3.8, 4) is 0 Å². The van der Waals surface area contributed by atoms with Gasteiger partial charge in [-0.3, -0.25) is 0 Å². The molecular formula is C12H19ClN2. The fourth-order valence-corrected chi connectivity index (χ4v) is 1.56. The molecule has 0 bridgehead atoms. The Morgan fingerprint density at radius 2 is 2.20 bits per heavy atom. The van der Waals surface area contributed by atoms with Crippen molar-refractivity contribution in [2.24, 2.45) is 11.7 Å². The zero-order chi connectivity index (χ0) is 11.3. The van der Waals surface area contributed by atoms with E-state index in [1.807, 2.05) is 19.1 Å². The van der Waals surface area contributed by atoms with E-state index in [1.165, 1.54) is 0 Å². The number of nitrogens with one attached hydrogen (secondary N) is 1. The van der Waals surface area contributed by atoms with E-state index in [0.29, 0.717) is 5.92 Å². The molecule has 0 saturated carbocycles. The molecule has 0 saturated heterocycles. The summed E-state index contributed by atoms with van der Waals surface area (Å²) in [6, 6.07) is 6.04. The van der Waals surface area contributed by atoms with Crippen LogP contribution < -0.4 is 11.1 Å². The topological polar surface area (TPSA) is 38.0 Å². The van der Waals surface area contributed by atoms with Gasteiger partial charge in [0.1, 0.15) is 0 Å². The Labute approximate surface area is 96.8 Å². The van der Waals surface area contributed by atoms with Gasteiger partial charge in [-0.05, 0) is 43.5 Å². The number of anilines is 1. The molecule has 0 aliphatic rings. The van der Waals surface area contributed by atoms with Crippen molar-refractivity contribution in [1.29, 1.82) is 0 Å². The average molecular weight is 227 g/mol. The van der Waals surface area contributed by atoms with Crippen LogP contribution in [0.1, 0.15) is 18.9 Å². The fraction of sp³-hybridized carbons (Fsp3) is 0.500. The van der Waals surface area contributed by atoms with Crippen molar-refractivity contribution in [3.63, 3.8) is 0 Å². The number of benzene rings is 1. The third kappa shape index (κ3) is 4.10. The van der Waals surface area contributed by atoms with Gasteiger partial charge >= 0.3 is 0 Å². The Hall–Kier alpha value is -0.730. The van der Waals surface area contributed by atoms with E-state index < -0.39 is 0 Å². The fourth-order valence-electron chi connectivity index (χ4n) is 1.38. The van der Waals surface area contributed by atoms with Gasteiger partial charge in [0.2, 0.25) is 0 Å². The highest BCUT2D eigenvalue weighted by atomic mass is 35.5. The van der Waals surface area contributed by atoms with Gasteiger partial charge < -0.3 is 11.1 Å². The molecule has 1 rings (SSSR count). The first-order valence-electron chi connectivity index (χ1n) is 5.33. The lowest BCUT2D eigenvalue weighted by molar-refractivity contribution is 0.568. The first-order chi connectivity index (χ1) is 7.13. The number of halogens is 1. The van der Waals surface area contributed by atoms with E-state index in [-0.39, 0.29) is 0 Å². The molecule has 1 unspecified atom stereocenters. The molecule has 0 aliphatic carbocycles. The van der Waals surface area contributed by atoms with Crippen molar-refractivity contribution >= 4 is 17.3 Å². The minimum atomic E-state index is 0.593. The molecule has 1 aromatic carbocycles. The molecule has 1 atom stereocenters. The van der Waals surface area contributed by atoms with Gasteiger partial charge in [-0.1, -0.05) is 24.6 Å². The summed E-state index contributed by atoms with van der Waals surface area (Å²) in [4.78, 5) is 0. The summed E-state index contributed by atoms with van der Waals surface area (Å²) in [5.74, 6) is 0.593. The van der Waals surface area contributed by atoms with Crippen molar-refractivity contribution in [3.05, 3.63) is 28.8 Å². The third-order valence-electron chi connectivity index (χ3n) is 2.49. The van der Waals surface area contributed by atoms with Crippen LogP contribution in [-0.2, 0) is 0 Å². The molecular weight excluding hydrogens is 208 g/mol. The molecule has 0 spiro atoms. The zero-order valence-corrected chi connectivity index (χ0v) is 10.1. The standard InChI is InChI=1S/C12H19ClN2/c1-9(5-6-14)8-15-11-4-3-10(2)12(13)7-11/h3-4,7,9,15H,5-6,8,14H2,1-2H3. The monoisotopic (exact) mass is 226 g/mol. The second kappa shape index (κ2) is 5.99. The summed E-state index contributed by atoms with van der Waals surface area (Å²) in [7, 11) is 0. The lowest BCUT2D eigenvalue weighted by atomic mass is 10.1. The van der Waals surface area contributed by atoms with Crippen molar-refractivity contribution in [2.45, 2.75) is 20.3 Å². The summed E-state index contributed by atoms with van der Waals surface area (Å²) >= 11 is 6.03. The third-order valence-corrected chi connectivity index (χ3v) is 2.89. The number of rotatable bonds is 5. The van der Waals surface area contributed by atoms with Gasteiger partial charge in [0.05, 0.1) is 0 Å². The Balaban J connectivity index is 2.47. The van der Waals surface area contributed by atoms with Gasteiger partial charge in [0, 0.05) is 17.3 Å². The van der Waals surface area contributed by atoms with Crippen molar-refractivity contribution in [2.75, 3.05) is 18.4 Å². The molecule has 0 heterocycles. The van der Waals surface area contributed by atoms with Crippen LogP contribution in [0.4, 0.5) is 5.69 Å². The maximum atomic E-state index is 6.03. The number of aryl methyl sites for hydroxylation is 1. The summed E-state index contributed by atoms with van der Waals surface area (Å²) in [6.07, 6.45) is 1.05.